The van der Waals surface area contributed by atoms with Crippen molar-refractivity contribution < 1.29 is 18.3 Å². The zero-order chi connectivity index (χ0) is 28.2. The Morgan fingerprint density at radius 2 is 1.98 bits per heavy atom. The average Bonchev–Trinajstić information content (AvgIpc) is 3.49. The van der Waals surface area contributed by atoms with Crippen LogP contribution >= 0.6 is 0 Å². The molecule has 0 spiro atoms. The summed E-state index contributed by atoms with van der Waals surface area (Å²) >= 11 is 0. The number of aryl methyl sites for hydroxylation is 3. The maximum Gasteiger partial charge on any atom is 0.304 e. The van der Waals surface area contributed by atoms with Gasteiger partial charge < -0.3 is 14.6 Å². The molecule has 6 rings (SSSR count). The molecule has 1 unspecified atom stereocenters. The Hall–Kier alpha value is -3.83. The van der Waals surface area contributed by atoms with Crippen LogP contribution in [-0.2, 0) is 28.4 Å². The number of fused-ring (bicyclic) bond motifs is 4. The first-order valence-electron chi connectivity index (χ1n) is 13.5. The molecule has 1 N–H and O–H groups in total. The average molecular weight is 561 g/mol. The number of pyridine rings is 1. The molecule has 0 radical (unpaired) electrons. The van der Waals surface area contributed by atoms with E-state index in [0.29, 0.717) is 18.0 Å². The van der Waals surface area contributed by atoms with Crippen molar-refractivity contribution in [2.45, 2.75) is 56.5 Å². The molecule has 2 aliphatic rings. The highest BCUT2D eigenvalue weighted by Crippen LogP contribution is 2.37. The summed E-state index contributed by atoms with van der Waals surface area (Å²) < 4.78 is 31.2. The molecular formula is C29H32N6O4S. The number of aromatic nitrogens is 4. The zero-order valence-electron chi connectivity index (χ0n) is 22.8. The van der Waals surface area contributed by atoms with Gasteiger partial charge in [0.1, 0.15) is 10.7 Å². The lowest BCUT2D eigenvalue weighted by molar-refractivity contribution is -0.137. The number of benzene rings is 1. The quantitative estimate of drug-likeness (QED) is 0.378. The molecule has 0 saturated carbocycles. The van der Waals surface area contributed by atoms with Crippen molar-refractivity contribution >= 4 is 32.8 Å². The van der Waals surface area contributed by atoms with Gasteiger partial charge in [0, 0.05) is 55.9 Å². The minimum atomic E-state index is -3.79. The fourth-order valence-corrected chi connectivity index (χ4v) is 7.75. The van der Waals surface area contributed by atoms with E-state index in [1.807, 2.05) is 55.8 Å². The summed E-state index contributed by atoms with van der Waals surface area (Å²) in [6.07, 6.45) is 3.44. The number of carboxylic acids is 1. The fraction of sp³-hybridized carbons (Fsp3) is 0.379. The van der Waals surface area contributed by atoms with E-state index >= 15 is 0 Å². The van der Waals surface area contributed by atoms with Crippen molar-refractivity contribution in [1.82, 2.24) is 24.1 Å². The Kier molecular flexibility index (Phi) is 6.58. The van der Waals surface area contributed by atoms with Crippen LogP contribution in [0.5, 0.6) is 0 Å². The van der Waals surface area contributed by atoms with Gasteiger partial charge in [-0.3, -0.25) is 4.79 Å². The lowest BCUT2D eigenvalue weighted by Crippen LogP contribution is -2.39. The van der Waals surface area contributed by atoms with E-state index in [-0.39, 0.29) is 23.9 Å². The van der Waals surface area contributed by atoms with E-state index in [4.69, 9.17) is 0 Å². The summed E-state index contributed by atoms with van der Waals surface area (Å²) in [5, 5.41) is 19.2. The smallest absolute Gasteiger partial charge is 0.304 e. The molecule has 2 atom stereocenters. The van der Waals surface area contributed by atoms with Crippen LogP contribution in [0.3, 0.4) is 0 Å². The van der Waals surface area contributed by atoms with Crippen molar-refractivity contribution in [3.05, 3.63) is 76.7 Å². The number of hydrogen-bond acceptors (Lipinski definition) is 7. The molecule has 5 heterocycles. The second-order valence-electron chi connectivity index (χ2n) is 10.8. The first kappa shape index (κ1) is 26.4. The van der Waals surface area contributed by atoms with Crippen LogP contribution in [0, 0.1) is 13.8 Å². The number of hydrogen-bond donors (Lipinski definition) is 1. The molecule has 3 aromatic heterocycles. The summed E-state index contributed by atoms with van der Waals surface area (Å²) in [6, 6.07) is 13.1. The Morgan fingerprint density at radius 1 is 1.15 bits per heavy atom. The van der Waals surface area contributed by atoms with E-state index < -0.39 is 21.9 Å². The molecule has 10 nitrogen and oxygen atoms in total. The minimum absolute atomic E-state index is 0.0644. The summed E-state index contributed by atoms with van der Waals surface area (Å²) in [4.78, 5) is 18.8. The molecule has 0 aliphatic carbocycles. The highest BCUT2D eigenvalue weighted by atomic mass is 32.2. The van der Waals surface area contributed by atoms with Gasteiger partial charge in [-0.25, -0.2) is 13.4 Å². The van der Waals surface area contributed by atoms with Crippen molar-refractivity contribution in [1.29, 1.82) is 0 Å². The van der Waals surface area contributed by atoms with Gasteiger partial charge in [0.05, 0.1) is 12.1 Å². The zero-order valence-corrected chi connectivity index (χ0v) is 23.6. The van der Waals surface area contributed by atoms with Gasteiger partial charge in [0.15, 0.2) is 5.65 Å². The van der Waals surface area contributed by atoms with Gasteiger partial charge in [-0.15, -0.1) is 5.10 Å². The standard InChI is InChI=1S/C29H32N6O4S/c1-18-8-9-20(24(15-27(36)37)25-14-21-12-19(2)31-32-28(21)33(25)3)13-22(18)16-34-17-23-6-5-11-35(23)29-26(40(34,38)39)7-4-10-30-29/h4,7-10,12-14,23-24H,5-6,11,15-17H2,1-3H3,(H,36,37)/t23-,24?/m1/s1. The second kappa shape index (κ2) is 9.97. The van der Waals surface area contributed by atoms with Crippen LogP contribution in [0.2, 0.25) is 0 Å². The maximum absolute atomic E-state index is 13.9. The van der Waals surface area contributed by atoms with E-state index in [1.165, 1.54) is 0 Å². The van der Waals surface area contributed by atoms with Crippen LogP contribution in [0.15, 0.2) is 53.6 Å². The van der Waals surface area contributed by atoms with E-state index in [2.05, 4.69) is 20.1 Å². The Morgan fingerprint density at radius 3 is 2.77 bits per heavy atom. The third-order valence-corrected chi connectivity index (χ3v) is 10.1. The Labute approximate surface area is 233 Å². The van der Waals surface area contributed by atoms with Gasteiger partial charge in [0.25, 0.3) is 0 Å². The highest BCUT2D eigenvalue weighted by Gasteiger charge is 2.40. The largest absolute Gasteiger partial charge is 0.481 e. The van der Waals surface area contributed by atoms with Crippen LogP contribution in [-0.4, -0.2) is 62.7 Å². The van der Waals surface area contributed by atoms with Crippen LogP contribution in [0.1, 0.15) is 53.3 Å². The maximum atomic E-state index is 13.9. The van der Waals surface area contributed by atoms with Gasteiger partial charge >= 0.3 is 5.97 Å². The lowest BCUT2D eigenvalue weighted by Gasteiger charge is -2.26. The van der Waals surface area contributed by atoms with Crippen molar-refractivity contribution in [2.75, 3.05) is 18.0 Å². The lowest BCUT2D eigenvalue weighted by atomic mass is 9.89. The molecule has 208 valence electrons. The predicted molar refractivity (Wildman–Crippen MR) is 151 cm³/mol. The van der Waals surface area contributed by atoms with Gasteiger partial charge in [0.2, 0.25) is 10.0 Å². The number of aliphatic carboxylic acids is 1. The summed E-state index contributed by atoms with van der Waals surface area (Å²) in [7, 11) is -1.92. The van der Waals surface area contributed by atoms with E-state index in [1.54, 1.807) is 22.6 Å². The fourth-order valence-electron chi connectivity index (χ4n) is 6.14. The first-order chi connectivity index (χ1) is 19.1. The van der Waals surface area contributed by atoms with Crippen molar-refractivity contribution in [3.8, 4) is 0 Å². The number of carbonyl (C=O) groups is 1. The number of nitrogens with zero attached hydrogens (tertiary/aromatic N) is 6. The second-order valence-corrected chi connectivity index (χ2v) is 12.7. The van der Waals surface area contributed by atoms with Crippen molar-refractivity contribution in [2.24, 2.45) is 7.05 Å². The number of sulfonamides is 1. The van der Waals surface area contributed by atoms with Gasteiger partial charge in [-0.2, -0.15) is 9.40 Å². The third kappa shape index (κ3) is 4.52. The highest BCUT2D eigenvalue weighted by molar-refractivity contribution is 7.89. The molecule has 4 aromatic rings. The number of anilines is 1. The molecule has 1 fully saturated rings. The summed E-state index contributed by atoms with van der Waals surface area (Å²) in [5.41, 5.74) is 4.90. The predicted octanol–water partition coefficient (Wildman–Crippen LogP) is 3.76. The monoisotopic (exact) mass is 560 g/mol. The van der Waals surface area contributed by atoms with Crippen molar-refractivity contribution in [3.63, 3.8) is 0 Å². The number of rotatable bonds is 6. The molecule has 2 aliphatic heterocycles. The number of carboxylic acid groups (broad SMARTS) is 1. The third-order valence-electron chi connectivity index (χ3n) is 8.22. The van der Waals surface area contributed by atoms with Crippen LogP contribution in [0.4, 0.5) is 5.82 Å². The van der Waals surface area contributed by atoms with Gasteiger partial charge in [-0.1, -0.05) is 18.2 Å². The molecule has 0 amide bonds. The van der Waals surface area contributed by atoms with Crippen LogP contribution < -0.4 is 4.90 Å². The molecule has 40 heavy (non-hydrogen) atoms. The summed E-state index contributed by atoms with van der Waals surface area (Å²) in [6.45, 7) is 5.19. The normalized spacial score (nSPS) is 19.3. The molecular weight excluding hydrogens is 528 g/mol. The first-order valence-corrected chi connectivity index (χ1v) is 14.9. The summed E-state index contributed by atoms with van der Waals surface area (Å²) in [5.74, 6) is -0.832. The van der Waals surface area contributed by atoms with Gasteiger partial charge in [-0.05, 0) is 67.6 Å². The molecule has 0 bridgehead atoms. The Balaban J connectivity index is 1.40. The Bertz CT molecular complexity index is 1730. The molecule has 11 heteroatoms. The molecule has 1 saturated heterocycles. The minimum Gasteiger partial charge on any atom is -0.481 e. The van der Waals surface area contributed by atoms with E-state index in [0.717, 1.165) is 52.9 Å². The SMILES string of the molecule is Cc1cc2cc(C(CC(=O)O)c3ccc(C)c(CN4C[C@H]5CCCN5c5ncccc5S4(=O)=O)c3)n(C)c2nn1. The molecule has 1 aromatic carbocycles. The van der Waals surface area contributed by atoms with Crippen LogP contribution in [0.25, 0.3) is 11.0 Å². The van der Waals surface area contributed by atoms with E-state index in [9.17, 15) is 18.3 Å². The topological polar surface area (TPSA) is 122 Å².